The summed E-state index contributed by atoms with van der Waals surface area (Å²) in [6.07, 6.45) is 6.53. The summed E-state index contributed by atoms with van der Waals surface area (Å²) in [5, 5.41) is 10.2. The number of hydrogen-bond acceptors (Lipinski definition) is 4. The molecular formula is C15H21BrN2O2. The van der Waals surface area contributed by atoms with Crippen molar-refractivity contribution in [2.45, 2.75) is 38.4 Å². The quantitative estimate of drug-likeness (QED) is 0.918. The Bertz CT molecular complexity index is 473. The van der Waals surface area contributed by atoms with Crippen molar-refractivity contribution in [1.29, 1.82) is 0 Å². The summed E-state index contributed by atoms with van der Waals surface area (Å²) in [5.41, 5.74) is 1.14. The Labute approximate surface area is 128 Å². The molecule has 5 heteroatoms. The predicted molar refractivity (Wildman–Crippen MR) is 81.9 cm³/mol. The first-order valence-corrected chi connectivity index (χ1v) is 8.10. The normalized spacial score (nSPS) is 28.4. The molecule has 2 fully saturated rings. The van der Waals surface area contributed by atoms with E-state index in [1.54, 1.807) is 6.20 Å². The van der Waals surface area contributed by atoms with Gasteiger partial charge < -0.3 is 14.7 Å². The molecule has 0 amide bonds. The van der Waals surface area contributed by atoms with Crippen molar-refractivity contribution in [3.8, 4) is 0 Å². The molecule has 4 nitrogen and oxygen atoms in total. The third-order valence-electron chi connectivity index (χ3n) is 4.86. The molecule has 1 N–H and O–H groups in total. The van der Waals surface area contributed by atoms with Crippen molar-refractivity contribution in [3.05, 3.63) is 22.9 Å². The SMILES string of the molecule is CCO[C@H]1C[C@H](O)C12CCN(c1cncc(Br)c1)CC2. The number of ether oxygens (including phenoxy) is 1. The zero-order valence-corrected chi connectivity index (χ0v) is 13.3. The second kappa shape index (κ2) is 5.62. The highest BCUT2D eigenvalue weighted by Crippen LogP contribution is 2.51. The summed E-state index contributed by atoms with van der Waals surface area (Å²) < 4.78 is 6.81. The van der Waals surface area contributed by atoms with Crippen molar-refractivity contribution >= 4 is 21.6 Å². The molecule has 0 aromatic carbocycles. The van der Waals surface area contributed by atoms with Crippen LogP contribution in [0.1, 0.15) is 26.2 Å². The van der Waals surface area contributed by atoms with Crippen LogP contribution in [0.2, 0.25) is 0 Å². The lowest BCUT2D eigenvalue weighted by molar-refractivity contribution is -0.199. The van der Waals surface area contributed by atoms with Gasteiger partial charge >= 0.3 is 0 Å². The van der Waals surface area contributed by atoms with Gasteiger partial charge in [0, 0.05) is 42.2 Å². The molecule has 1 aromatic heterocycles. The number of piperidine rings is 1. The first-order valence-electron chi connectivity index (χ1n) is 7.31. The fourth-order valence-electron chi connectivity index (χ4n) is 3.57. The van der Waals surface area contributed by atoms with Gasteiger partial charge in [-0.3, -0.25) is 4.98 Å². The smallest absolute Gasteiger partial charge is 0.0682 e. The van der Waals surface area contributed by atoms with Gasteiger partial charge in [0.15, 0.2) is 0 Å². The minimum absolute atomic E-state index is 0.00799. The van der Waals surface area contributed by atoms with E-state index in [-0.39, 0.29) is 17.6 Å². The minimum atomic E-state index is -0.193. The number of aromatic nitrogens is 1. The summed E-state index contributed by atoms with van der Waals surface area (Å²) in [5.74, 6) is 0. The molecule has 2 heterocycles. The van der Waals surface area contributed by atoms with Crippen LogP contribution >= 0.6 is 15.9 Å². The number of anilines is 1. The van der Waals surface area contributed by atoms with Gasteiger partial charge in [0.25, 0.3) is 0 Å². The number of nitrogens with zero attached hydrogens (tertiary/aromatic N) is 2. The van der Waals surface area contributed by atoms with Gasteiger partial charge in [0.1, 0.15) is 0 Å². The Morgan fingerprint density at radius 1 is 1.45 bits per heavy atom. The number of pyridine rings is 1. The van der Waals surface area contributed by atoms with Gasteiger partial charge in [0.2, 0.25) is 0 Å². The van der Waals surface area contributed by atoms with Gasteiger partial charge in [0.05, 0.1) is 24.1 Å². The Morgan fingerprint density at radius 3 is 2.80 bits per heavy atom. The first kappa shape index (κ1) is 14.3. The van der Waals surface area contributed by atoms with E-state index in [0.717, 1.165) is 49.1 Å². The summed E-state index contributed by atoms with van der Waals surface area (Å²) in [4.78, 5) is 6.57. The molecule has 0 radical (unpaired) electrons. The maximum absolute atomic E-state index is 10.2. The van der Waals surface area contributed by atoms with E-state index in [0.29, 0.717) is 0 Å². The first-order chi connectivity index (χ1) is 9.65. The predicted octanol–water partition coefficient (Wildman–Crippen LogP) is 2.60. The van der Waals surface area contributed by atoms with Crippen LogP contribution in [-0.4, -0.2) is 42.0 Å². The molecule has 2 aliphatic rings. The number of halogens is 1. The second-order valence-corrected chi connectivity index (χ2v) is 6.69. The van der Waals surface area contributed by atoms with Gasteiger partial charge in [-0.25, -0.2) is 0 Å². The van der Waals surface area contributed by atoms with Crippen LogP contribution in [0.4, 0.5) is 5.69 Å². The topological polar surface area (TPSA) is 45.6 Å². The van der Waals surface area contributed by atoms with Crippen LogP contribution in [0.15, 0.2) is 22.9 Å². The van der Waals surface area contributed by atoms with E-state index in [2.05, 4.69) is 31.9 Å². The molecule has 1 saturated heterocycles. The summed E-state index contributed by atoms with van der Waals surface area (Å²) in [6, 6.07) is 2.10. The highest BCUT2D eigenvalue weighted by molar-refractivity contribution is 9.10. The average molecular weight is 341 g/mol. The Morgan fingerprint density at radius 2 is 2.20 bits per heavy atom. The Kier molecular flexibility index (Phi) is 4.02. The number of aliphatic hydroxyl groups is 1. The second-order valence-electron chi connectivity index (χ2n) is 5.78. The van der Waals surface area contributed by atoms with Gasteiger partial charge in [-0.05, 0) is 41.8 Å². The lowest BCUT2D eigenvalue weighted by atomic mass is 9.58. The zero-order valence-electron chi connectivity index (χ0n) is 11.8. The number of rotatable bonds is 3. The van der Waals surface area contributed by atoms with Gasteiger partial charge in [-0.15, -0.1) is 0 Å². The van der Waals surface area contributed by atoms with Crippen molar-refractivity contribution in [1.82, 2.24) is 4.98 Å². The van der Waals surface area contributed by atoms with Crippen molar-refractivity contribution in [3.63, 3.8) is 0 Å². The molecule has 0 bridgehead atoms. The number of aliphatic hydroxyl groups excluding tert-OH is 1. The molecule has 0 unspecified atom stereocenters. The third-order valence-corrected chi connectivity index (χ3v) is 5.29. The van der Waals surface area contributed by atoms with Crippen LogP contribution in [0, 0.1) is 5.41 Å². The summed E-state index contributed by atoms with van der Waals surface area (Å²) in [7, 11) is 0. The zero-order chi connectivity index (χ0) is 14.2. The maximum atomic E-state index is 10.2. The third kappa shape index (κ3) is 2.36. The molecule has 1 saturated carbocycles. The van der Waals surface area contributed by atoms with E-state index in [9.17, 15) is 5.11 Å². The molecule has 1 aliphatic heterocycles. The minimum Gasteiger partial charge on any atom is -0.392 e. The monoisotopic (exact) mass is 340 g/mol. The molecule has 20 heavy (non-hydrogen) atoms. The van der Waals surface area contributed by atoms with Crippen LogP contribution in [0.5, 0.6) is 0 Å². The fraction of sp³-hybridized carbons (Fsp3) is 0.667. The van der Waals surface area contributed by atoms with E-state index in [4.69, 9.17) is 4.74 Å². The Hall–Kier alpha value is -0.650. The highest BCUT2D eigenvalue weighted by atomic mass is 79.9. The molecule has 1 spiro atoms. The summed E-state index contributed by atoms with van der Waals surface area (Å²) in [6.45, 7) is 4.68. The molecule has 1 aromatic rings. The standard InChI is InChI=1S/C15H21BrN2O2/c1-2-20-14-8-13(19)15(14)3-5-18(6-4-15)12-7-11(16)9-17-10-12/h7,9-10,13-14,19H,2-6,8H2,1H3/t13-,14-/m0/s1. The molecule has 2 atom stereocenters. The van der Waals surface area contributed by atoms with E-state index in [1.807, 2.05) is 13.1 Å². The fourth-order valence-corrected chi connectivity index (χ4v) is 3.92. The van der Waals surface area contributed by atoms with Crippen LogP contribution in [-0.2, 0) is 4.74 Å². The van der Waals surface area contributed by atoms with Crippen LogP contribution in [0.25, 0.3) is 0 Å². The number of hydrogen-bond donors (Lipinski definition) is 1. The van der Waals surface area contributed by atoms with Crippen LogP contribution < -0.4 is 4.90 Å². The molecule has 3 rings (SSSR count). The van der Waals surface area contributed by atoms with E-state index < -0.39 is 0 Å². The van der Waals surface area contributed by atoms with Gasteiger partial charge in [-0.2, -0.15) is 0 Å². The summed E-state index contributed by atoms with van der Waals surface area (Å²) >= 11 is 3.47. The largest absolute Gasteiger partial charge is 0.392 e. The van der Waals surface area contributed by atoms with Crippen molar-refractivity contribution < 1.29 is 9.84 Å². The lowest BCUT2D eigenvalue weighted by Gasteiger charge is -2.56. The van der Waals surface area contributed by atoms with Crippen molar-refractivity contribution in [2.24, 2.45) is 5.41 Å². The maximum Gasteiger partial charge on any atom is 0.0682 e. The lowest BCUT2D eigenvalue weighted by Crippen LogP contribution is -2.62. The highest BCUT2D eigenvalue weighted by Gasteiger charge is 2.56. The molecule has 110 valence electrons. The van der Waals surface area contributed by atoms with E-state index in [1.165, 1.54) is 0 Å². The molecular weight excluding hydrogens is 320 g/mol. The van der Waals surface area contributed by atoms with Crippen LogP contribution in [0.3, 0.4) is 0 Å². The van der Waals surface area contributed by atoms with Crippen molar-refractivity contribution in [2.75, 3.05) is 24.6 Å². The molecule has 1 aliphatic carbocycles. The van der Waals surface area contributed by atoms with E-state index >= 15 is 0 Å². The van der Waals surface area contributed by atoms with Gasteiger partial charge in [-0.1, -0.05) is 0 Å². The Balaban J connectivity index is 1.67. The average Bonchev–Trinajstić information content (AvgIpc) is 2.47.